The molecule has 0 unspecified atom stereocenters. The fourth-order valence-electron chi connectivity index (χ4n) is 0.937. The number of hydrogen-bond acceptors (Lipinski definition) is 2. The number of benzene rings is 1. The van der Waals surface area contributed by atoms with E-state index in [1.807, 2.05) is 0 Å². The maximum Gasteiger partial charge on any atom is 0.252 e. The fraction of sp³-hybridized carbons (Fsp3) is 0.125. The molecule has 0 saturated carbocycles. The lowest BCUT2D eigenvalue weighted by Crippen LogP contribution is -2.17. The van der Waals surface area contributed by atoms with Crippen LogP contribution in [0.2, 0.25) is 5.02 Å². The molecule has 0 spiro atoms. The number of rotatable bonds is 2. The Hall–Kier alpha value is -1.71. The molecular weight excluding hydrogens is 204 g/mol. The number of azide groups is 1. The topological polar surface area (TPSA) is 77.9 Å². The number of nitrogens with zero attached hydrogens (tertiary/aromatic N) is 3. The zero-order valence-corrected chi connectivity index (χ0v) is 8.12. The van der Waals surface area contributed by atoms with Crippen LogP contribution in [0, 0.1) is 0 Å². The van der Waals surface area contributed by atoms with Gasteiger partial charge in [0.2, 0.25) is 0 Å². The van der Waals surface area contributed by atoms with Gasteiger partial charge in [-0.1, -0.05) is 22.8 Å². The molecule has 0 fully saturated rings. The van der Waals surface area contributed by atoms with Gasteiger partial charge >= 0.3 is 0 Å². The quantitative estimate of drug-likeness (QED) is 0.455. The zero-order valence-electron chi connectivity index (χ0n) is 7.36. The molecule has 1 aromatic rings. The van der Waals surface area contributed by atoms with E-state index in [1.165, 1.54) is 25.2 Å². The summed E-state index contributed by atoms with van der Waals surface area (Å²) in [5.74, 6) is -0.275. The summed E-state index contributed by atoms with van der Waals surface area (Å²) in [4.78, 5) is 13.8. The molecule has 0 atom stereocenters. The molecule has 1 aromatic carbocycles. The van der Waals surface area contributed by atoms with E-state index >= 15 is 0 Å². The van der Waals surface area contributed by atoms with E-state index < -0.39 is 0 Å². The average Bonchev–Trinajstić information content (AvgIpc) is 2.17. The Kier molecular flexibility index (Phi) is 3.34. The van der Waals surface area contributed by atoms with E-state index in [-0.39, 0.29) is 10.9 Å². The van der Waals surface area contributed by atoms with Gasteiger partial charge in [-0.2, -0.15) is 0 Å². The first-order valence-corrected chi connectivity index (χ1v) is 4.13. The lowest BCUT2D eigenvalue weighted by atomic mass is 10.2. The van der Waals surface area contributed by atoms with Gasteiger partial charge < -0.3 is 5.32 Å². The number of carbonyl (C=O) groups is 1. The molecule has 0 bridgehead atoms. The normalized spacial score (nSPS) is 9.00. The summed E-state index contributed by atoms with van der Waals surface area (Å²) in [6, 6.07) is 4.47. The van der Waals surface area contributed by atoms with Crippen molar-refractivity contribution in [3.8, 4) is 0 Å². The Morgan fingerprint density at radius 1 is 1.64 bits per heavy atom. The number of amides is 1. The van der Waals surface area contributed by atoms with Crippen LogP contribution in [-0.2, 0) is 0 Å². The number of hydrogen-bond donors (Lipinski definition) is 1. The van der Waals surface area contributed by atoms with E-state index in [4.69, 9.17) is 17.1 Å². The Balaban J connectivity index is 3.13. The average molecular weight is 211 g/mol. The minimum atomic E-state index is -0.275. The van der Waals surface area contributed by atoms with E-state index in [1.54, 1.807) is 0 Å². The monoisotopic (exact) mass is 210 g/mol. The van der Waals surface area contributed by atoms with Crippen LogP contribution in [0.15, 0.2) is 23.3 Å². The van der Waals surface area contributed by atoms with Gasteiger partial charge in [-0.15, -0.1) is 0 Å². The van der Waals surface area contributed by atoms with E-state index in [9.17, 15) is 4.79 Å². The summed E-state index contributed by atoms with van der Waals surface area (Å²) < 4.78 is 0. The predicted molar refractivity (Wildman–Crippen MR) is 53.6 cm³/mol. The van der Waals surface area contributed by atoms with Crippen LogP contribution in [0.25, 0.3) is 10.4 Å². The van der Waals surface area contributed by atoms with Gasteiger partial charge in [0.15, 0.2) is 0 Å². The highest BCUT2D eigenvalue weighted by atomic mass is 35.5. The van der Waals surface area contributed by atoms with Crippen LogP contribution in [-0.4, -0.2) is 13.0 Å². The van der Waals surface area contributed by atoms with Gasteiger partial charge in [0.1, 0.15) is 0 Å². The maximum atomic E-state index is 11.2. The number of halogens is 1. The van der Waals surface area contributed by atoms with Crippen molar-refractivity contribution in [3.63, 3.8) is 0 Å². The molecule has 0 aliphatic rings. The molecule has 0 radical (unpaired) electrons. The van der Waals surface area contributed by atoms with Crippen molar-refractivity contribution >= 4 is 23.2 Å². The van der Waals surface area contributed by atoms with Crippen molar-refractivity contribution < 1.29 is 4.79 Å². The zero-order chi connectivity index (χ0) is 10.6. The molecule has 0 heterocycles. The summed E-state index contributed by atoms with van der Waals surface area (Å²) in [5, 5.41) is 6.06. The second-order valence-electron chi connectivity index (χ2n) is 2.43. The third kappa shape index (κ3) is 2.16. The minimum Gasteiger partial charge on any atom is -0.355 e. The molecular formula is C8H7ClN4O. The summed E-state index contributed by atoms with van der Waals surface area (Å²) >= 11 is 5.79. The highest BCUT2D eigenvalue weighted by molar-refractivity contribution is 6.34. The Morgan fingerprint density at radius 2 is 2.36 bits per heavy atom. The predicted octanol–water partition coefficient (Wildman–Crippen LogP) is 2.64. The first kappa shape index (κ1) is 10.4. The van der Waals surface area contributed by atoms with Crippen LogP contribution in [0.3, 0.4) is 0 Å². The van der Waals surface area contributed by atoms with Crippen molar-refractivity contribution in [2.24, 2.45) is 5.11 Å². The first-order chi connectivity index (χ1) is 6.69. The third-order valence-electron chi connectivity index (χ3n) is 1.58. The van der Waals surface area contributed by atoms with Crippen LogP contribution in [0.4, 0.5) is 5.69 Å². The fourth-order valence-corrected chi connectivity index (χ4v) is 1.20. The largest absolute Gasteiger partial charge is 0.355 e. The third-order valence-corrected chi connectivity index (χ3v) is 1.90. The lowest BCUT2D eigenvalue weighted by molar-refractivity contribution is 0.0963. The van der Waals surface area contributed by atoms with Crippen molar-refractivity contribution in [3.05, 3.63) is 39.2 Å². The molecule has 6 heteroatoms. The highest BCUT2D eigenvalue weighted by Crippen LogP contribution is 2.22. The summed E-state index contributed by atoms with van der Waals surface area (Å²) in [6.45, 7) is 0. The Bertz CT molecular complexity index is 412. The molecule has 5 nitrogen and oxygen atoms in total. The van der Waals surface area contributed by atoms with Gasteiger partial charge in [-0.3, -0.25) is 4.79 Å². The SMILES string of the molecule is CNC(=O)c1ccc(N=[N+]=[N-])cc1Cl. The standard InChI is InChI=1S/C8H7ClN4O/c1-11-8(14)6-3-2-5(12-13-10)4-7(6)9/h2-4H,1H3,(H,11,14). The number of carbonyl (C=O) groups excluding carboxylic acids is 1. The maximum absolute atomic E-state index is 11.2. The van der Waals surface area contributed by atoms with Gasteiger partial charge in [-0.25, -0.2) is 0 Å². The van der Waals surface area contributed by atoms with Gasteiger partial charge in [-0.05, 0) is 17.7 Å². The summed E-state index contributed by atoms with van der Waals surface area (Å²) in [6.07, 6.45) is 0. The molecule has 0 aliphatic heterocycles. The van der Waals surface area contributed by atoms with Crippen molar-refractivity contribution in [2.75, 3.05) is 7.05 Å². The molecule has 14 heavy (non-hydrogen) atoms. The molecule has 72 valence electrons. The second-order valence-corrected chi connectivity index (χ2v) is 2.84. The van der Waals surface area contributed by atoms with E-state index in [0.29, 0.717) is 11.3 Å². The van der Waals surface area contributed by atoms with E-state index in [0.717, 1.165) is 0 Å². The number of nitrogens with one attached hydrogen (secondary N) is 1. The van der Waals surface area contributed by atoms with Crippen molar-refractivity contribution in [1.82, 2.24) is 5.32 Å². The molecule has 1 N–H and O–H groups in total. The van der Waals surface area contributed by atoms with Crippen LogP contribution in [0.5, 0.6) is 0 Å². The second kappa shape index (κ2) is 4.50. The molecule has 0 aromatic heterocycles. The Labute approximate surface area is 85.3 Å². The van der Waals surface area contributed by atoms with Gasteiger partial charge in [0.05, 0.1) is 10.6 Å². The van der Waals surface area contributed by atoms with Crippen LogP contribution >= 0.6 is 11.6 Å². The lowest BCUT2D eigenvalue weighted by Gasteiger charge is -2.02. The van der Waals surface area contributed by atoms with Crippen molar-refractivity contribution in [1.29, 1.82) is 0 Å². The molecule has 0 saturated heterocycles. The van der Waals surface area contributed by atoms with Crippen molar-refractivity contribution in [2.45, 2.75) is 0 Å². The smallest absolute Gasteiger partial charge is 0.252 e. The minimum absolute atomic E-state index is 0.259. The Morgan fingerprint density at radius 3 is 2.86 bits per heavy atom. The van der Waals surface area contributed by atoms with Crippen LogP contribution < -0.4 is 5.32 Å². The van der Waals surface area contributed by atoms with E-state index in [2.05, 4.69) is 15.3 Å². The molecule has 1 amide bonds. The summed E-state index contributed by atoms with van der Waals surface area (Å²) in [5.41, 5.74) is 8.90. The molecule has 0 aliphatic carbocycles. The van der Waals surface area contributed by atoms with Crippen LogP contribution in [0.1, 0.15) is 10.4 Å². The summed E-state index contributed by atoms with van der Waals surface area (Å²) in [7, 11) is 1.51. The first-order valence-electron chi connectivity index (χ1n) is 3.75. The highest BCUT2D eigenvalue weighted by Gasteiger charge is 2.07. The van der Waals surface area contributed by atoms with Gasteiger partial charge in [0, 0.05) is 17.6 Å². The molecule has 1 rings (SSSR count). The van der Waals surface area contributed by atoms with Gasteiger partial charge in [0.25, 0.3) is 5.91 Å².